The van der Waals surface area contributed by atoms with Crippen LogP contribution in [0.4, 0.5) is 11.6 Å². The van der Waals surface area contributed by atoms with Gasteiger partial charge in [-0.2, -0.15) is 0 Å². The Kier molecular flexibility index (Phi) is 5.97. The maximum atomic E-state index is 12.9. The number of nitrogen functional groups attached to an aromatic ring is 1. The number of hydrogen-bond donors (Lipinski definition) is 4. The molecule has 2 aromatic heterocycles. The quantitative estimate of drug-likeness (QED) is 0.366. The van der Waals surface area contributed by atoms with Gasteiger partial charge in [0.15, 0.2) is 5.82 Å². The number of nitrogens with one attached hydrogen (secondary N) is 3. The number of benzene rings is 2. The van der Waals surface area contributed by atoms with Gasteiger partial charge in [-0.25, -0.2) is 9.97 Å². The molecule has 1 amide bonds. The zero-order valence-electron chi connectivity index (χ0n) is 18.8. The van der Waals surface area contributed by atoms with E-state index in [0.29, 0.717) is 28.5 Å². The number of aromatic nitrogens is 3. The predicted octanol–water partition coefficient (Wildman–Crippen LogP) is 3.73. The third kappa shape index (κ3) is 4.49. The van der Waals surface area contributed by atoms with Gasteiger partial charge in [0.2, 0.25) is 0 Å². The number of H-pyrrole nitrogens is 1. The highest BCUT2D eigenvalue weighted by Crippen LogP contribution is 2.25. The van der Waals surface area contributed by atoms with Gasteiger partial charge in [0, 0.05) is 41.7 Å². The van der Waals surface area contributed by atoms with Crippen LogP contribution in [0.25, 0.3) is 27.9 Å². The van der Waals surface area contributed by atoms with Gasteiger partial charge < -0.3 is 26.3 Å². The Labute approximate surface area is 197 Å². The summed E-state index contributed by atoms with van der Waals surface area (Å²) in [7, 11) is 0. The summed E-state index contributed by atoms with van der Waals surface area (Å²) < 4.78 is 0. The molecule has 1 saturated heterocycles. The van der Waals surface area contributed by atoms with Crippen LogP contribution in [-0.2, 0) is 0 Å². The Bertz CT molecular complexity index is 1300. The van der Waals surface area contributed by atoms with Gasteiger partial charge in [0.1, 0.15) is 11.5 Å². The lowest BCUT2D eigenvalue weighted by Crippen LogP contribution is -2.34. The molecule has 0 atom stereocenters. The molecule has 0 saturated carbocycles. The molecule has 34 heavy (non-hydrogen) atoms. The van der Waals surface area contributed by atoms with Gasteiger partial charge >= 0.3 is 0 Å². The molecule has 5 rings (SSSR count). The van der Waals surface area contributed by atoms with Crippen molar-refractivity contribution in [2.24, 2.45) is 0 Å². The van der Waals surface area contributed by atoms with Crippen LogP contribution in [0.2, 0.25) is 0 Å². The number of hydrogen-bond acceptors (Lipinski definition) is 6. The summed E-state index contributed by atoms with van der Waals surface area (Å²) >= 11 is 0. The normalized spacial score (nSPS) is 14.1. The van der Waals surface area contributed by atoms with Crippen molar-refractivity contribution < 1.29 is 4.79 Å². The van der Waals surface area contributed by atoms with Crippen LogP contribution in [0.1, 0.15) is 22.5 Å². The molecule has 172 valence electrons. The minimum atomic E-state index is 0.0511. The van der Waals surface area contributed by atoms with Crippen LogP contribution in [0.15, 0.2) is 67.4 Å². The van der Waals surface area contributed by atoms with Crippen LogP contribution in [0.3, 0.4) is 0 Å². The lowest BCUT2D eigenvalue weighted by atomic mass is 10.1. The molecule has 0 radical (unpaired) electrons. The molecule has 0 bridgehead atoms. The lowest BCUT2D eigenvalue weighted by molar-refractivity contribution is 0.0766. The standard InChI is InChI=1S/C26H27N7O/c1-17(30-23-15-20-5-2-3-6-21(20)31-23)24-25(27)29-16-22(32-24)18-7-9-19(10-8-18)26(34)33-13-4-11-28-12-14-33/h2-3,5-10,15-16,28,30-31H,1,4,11-14H2,(H2,27,29). The number of nitrogens with two attached hydrogens (primary N) is 1. The first-order chi connectivity index (χ1) is 16.6. The second-order valence-electron chi connectivity index (χ2n) is 8.34. The number of carbonyl (C=O) groups excluding carboxylic acids is 1. The Balaban J connectivity index is 1.34. The number of fused-ring (bicyclic) bond motifs is 1. The Morgan fingerprint density at radius 3 is 2.74 bits per heavy atom. The fourth-order valence-electron chi connectivity index (χ4n) is 4.14. The summed E-state index contributed by atoms with van der Waals surface area (Å²) in [5, 5.41) is 7.66. The van der Waals surface area contributed by atoms with Gasteiger partial charge in [-0.05, 0) is 37.2 Å². The van der Waals surface area contributed by atoms with E-state index in [1.165, 1.54) is 0 Å². The van der Waals surface area contributed by atoms with E-state index in [9.17, 15) is 4.79 Å². The highest BCUT2D eigenvalue weighted by atomic mass is 16.2. The molecule has 2 aromatic carbocycles. The monoisotopic (exact) mass is 453 g/mol. The van der Waals surface area contributed by atoms with Crippen molar-refractivity contribution in [3.63, 3.8) is 0 Å². The number of aromatic amines is 1. The molecule has 1 fully saturated rings. The second-order valence-corrected chi connectivity index (χ2v) is 8.34. The van der Waals surface area contributed by atoms with Crippen LogP contribution in [0, 0.1) is 0 Å². The van der Waals surface area contributed by atoms with E-state index in [-0.39, 0.29) is 5.91 Å². The van der Waals surface area contributed by atoms with Crippen molar-refractivity contribution in [3.8, 4) is 11.3 Å². The number of carbonyl (C=O) groups is 1. The van der Waals surface area contributed by atoms with E-state index < -0.39 is 0 Å². The molecule has 0 spiro atoms. The molecule has 3 heterocycles. The SMILES string of the molecule is C=C(Nc1cc2ccccc2[nH]1)c1nc(-c2ccc(C(=O)N3CCCNCC3)cc2)cnc1N. The first kappa shape index (κ1) is 21.7. The van der Waals surface area contributed by atoms with Crippen LogP contribution in [0.5, 0.6) is 0 Å². The Morgan fingerprint density at radius 1 is 1.09 bits per heavy atom. The zero-order chi connectivity index (χ0) is 23.5. The van der Waals surface area contributed by atoms with Gasteiger partial charge in [-0.1, -0.05) is 36.9 Å². The van der Waals surface area contributed by atoms with Gasteiger partial charge in [-0.15, -0.1) is 0 Å². The number of anilines is 2. The summed E-state index contributed by atoms with van der Waals surface area (Å²) in [5.41, 5.74) is 10.3. The average molecular weight is 454 g/mol. The first-order valence-corrected chi connectivity index (χ1v) is 11.4. The lowest BCUT2D eigenvalue weighted by Gasteiger charge is -2.20. The van der Waals surface area contributed by atoms with E-state index in [1.807, 2.05) is 59.5 Å². The smallest absolute Gasteiger partial charge is 0.253 e. The molecule has 4 aromatic rings. The minimum absolute atomic E-state index is 0.0511. The topological polar surface area (TPSA) is 112 Å². The van der Waals surface area contributed by atoms with E-state index >= 15 is 0 Å². The van der Waals surface area contributed by atoms with Crippen molar-refractivity contribution in [2.45, 2.75) is 6.42 Å². The summed E-state index contributed by atoms with van der Waals surface area (Å²) in [5.74, 6) is 1.14. The maximum Gasteiger partial charge on any atom is 0.253 e. The Hall–Kier alpha value is -4.17. The molecule has 1 aliphatic heterocycles. The number of para-hydroxylation sites is 1. The van der Waals surface area contributed by atoms with E-state index in [0.717, 1.165) is 54.9 Å². The zero-order valence-corrected chi connectivity index (χ0v) is 18.8. The summed E-state index contributed by atoms with van der Waals surface area (Å²) in [4.78, 5) is 27.1. The van der Waals surface area contributed by atoms with Gasteiger partial charge in [0.25, 0.3) is 5.91 Å². The van der Waals surface area contributed by atoms with Crippen molar-refractivity contribution in [2.75, 3.05) is 37.2 Å². The first-order valence-electron chi connectivity index (χ1n) is 11.4. The molecule has 8 heteroatoms. The van der Waals surface area contributed by atoms with E-state index in [2.05, 4.69) is 27.2 Å². The summed E-state index contributed by atoms with van der Waals surface area (Å²) in [6.45, 7) is 7.37. The highest BCUT2D eigenvalue weighted by Gasteiger charge is 2.17. The van der Waals surface area contributed by atoms with Crippen LogP contribution < -0.4 is 16.4 Å². The Morgan fingerprint density at radius 2 is 1.91 bits per heavy atom. The van der Waals surface area contributed by atoms with Crippen molar-refractivity contribution in [1.82, 2.24) is 25.2 Å². The molecule has 0 unspecified atom stereocenters. The molecule has 5 N–H and O–H groups in total. The van der Waals surface area contributed by atoms with Crippen LogP contribution in [-0.4, -0.2) is 51.9 Å². The molecule has 1 aliphatic rings. The second kappa shape index (κ2) is 9.36. The molecular formula is C26H27N7O. The van der Waals surface area contributed by atoms with Crippen molar-refractivity contribution in [1.29, 1.82) is 0 Å². The largest absolute Gasteiger partial charge is 0.382 e. The van der Waals surface area contributed by atoms with E-state index in [4.69, 9.17) is 10.7 Å². The molecular weight excluding hydrogens is 426 g/mol. The summed E-state index contributed by atoms with van der Waals surface area (Å²) in [6, 6.07) is 17.5. The molecule has 8 nitrogen and oxygen atoms in total. The number of nitrogens with zero attached hydrogens (tertiary/aromatic N) is 3. The number of amides is 1. The third-order valence-electron chi connectivity index (χ3n) is 5.96. The van der Waals surface area contributed by atoms with Gasteiger partial charge in [0.05, 0.1) is 17.6 Å². The van der Waals surface area contributed by atoms with Crippen molar-refractivity contribution >= 4 is 34.1 Å². The van der Waals surface area contributed by atoms with E-state index in [1.54, 1.807) is 6.20 Å². The van der Waals surface area contributed by atoms with Crippen LogP contribution >= 0.6 is 0 Å². The summed E-state index contributed by atoms with van der Waals surface area (Å²) in [6.07, 6.45) is 2.59. The minimum Gasteiger partial charge on any atom is -0.382 e. The third-order valence-corrected chi connectivity index (χ3v) is 5.96. The molecule has 0 aliphatic carbocycles. The highest BCUT2D eigenvalue weighted by molar-refractivity contribution is 5.94. The number of rotatable bonds is 5. The fourth-order valence-corrected chi connectivity index (χ4v) is 4.14. The van der Waals surface area contributed by atoms with Gasteiger partial charge in [-0.3, -0.25) is 4.79 Å². The van der Waals surface area contributed by atoms with Crippen molar-refractivity contribution in [3.05, 3.63) is 78.6 Å². The maximum absolute atomic E-state index is 12.9. The fraction of sp³-hybridized carbons (Fsp3) is 0.192. The average Bonchev–Trinajstić information content (AvgIpc) is 3.07. The predicted molar refractivity (Wildman–Crippen MR) is 136 cm³/mol.